The van der Waals surface area contributed by atoms with E-state index in [9.17, 15) is 4.79 Å². The Bertz CT molecular complexity index is 918. The number of rotatable bonds is 7. The number of hydrogen-bond donors (Lipinski definition) is 1. The fraction of sp³-hybridized carbons (Fsp3) is 0.167. The fourth-order valence-electron chi connectivity index (χ4n) is 2.04. The zero-order valence-electron chi connectivity index (χ0n) is 14.2. The van der Waals surface area contributed by atoms with Gasteiger partial charge >= 0.3 is 0 Å². The molecule has 1 heterocycles. The minimum atomic E-state index is -0.300. The molecule has 0 saturated heterocycles. The lowest BCUT2D eigenvalue weighted by molar-refractivity contribution is -0.115. The molecule has 3 aromatic rings. The molecule has 2 aromatic carbocycles. The molecule has 4 nitrogen and oxygen atoms in total. The maximum Gasteiger partial charge on any atom is 0.237 e. The first-order chi connectivity index (χ1) is 13.0. The number of anilines is 1. The van der Waals surface area contributed by atoms with Gasteiger partial charge in [-0.3, -0.25) is 4.79 Å². The molecule has 0 radical (unpaired) electrons. The summed E-state index contributed by atoms with van der Waals surface area (Å²) in [5.74, 6) is 0.689. The maximum atomic E-state index is 12.3. The summed E-state index contributed by atoms with van der Waals surface area (Å²) >= 11 is 16.3. The Hall–Kier alpha value is -1.25. The normalized spacial score (nSPS) is 12.0. The summed E-state index contributed by atoms with van der Waals surface area (Å²) < 4.78 is 1.64. The molecular weight excluding hydrogens is 441 g/mol. The van der Waals surface area contributed by atoms with E-state index in [2.05, 4.69) is 15.5 Å². The zero-order valence-corrected chi connectivity index (χ0v) is 18.1. The lowest BCUT2D eigenvalue weighted by Crippen LogP contribution is -2.22. The average Bonchev–Trinajstić information content (AvgIpc) is 3.08. The molecule has 27 heavy (non-hydrogen) atoms. The predicted octanol–water partition coefficient (Wildman–Crippen LogP) is 6.26. The van der Waals surface area contributed by atoms with Crippen LogP contribution in [0.4, 0.5) is 5.69 Å². The van der Waals surface area contributed by atoms with Crippen LogP contribution < -0.4 is 5.32 Å². The molecule has 0 unspecified atom stereocenters. The molecule has 0 bridgehead atoms. The van der Waals surface area contributed by atoms with E-state index in [1.54, 1.807) is 36.0 Å². The number of carbonyl (C=O) groups excluding carboxylic acids is 1. The number of thioether (sulfide) groups is 2. The number of benzene rings is 2. The highest BCUT2D eigenvalue weighted by Crippen LogP contribution is 2.33. The molecule has 3 rings (SSSR count). The fourth-order valence-corrected chi connectivity index (χ4v) is 5.48. The first kappa shape index (κ1) is 20.5. The highest BCUT2D eigenvalue weighted by atomic mass is 35.5. The van der Waals surface area contributed by atoms with E-state index < -0.39 is 0 Å². The number of amides is 1. The molecule has 0 fully saturated rings. The van der Waals surface area contributed by atoms with Gasteiger partial charge < -0.3 is 5.32 Å². The van der Waals surface area contributed by atoms with Gasteiger partial charge in [-0.05, 0) is 42.8 Å². The van der Waals surface area contributed by atoms with Gasteiger partial charge in [0.1, 0.15) is 0 Å². The van der Waals surface area contributed by atoms with Crippen LogP contribution in [-0.4, -0.2) is 21.4 Å². The van der Waals surface area contributed by atoms with Crippen LogP contribution in [0.3, 0.4) is 0 Å². The van der Waals surface area contributed by atoms with Gasteiger partial charge in [-0.25, -0.2) is 0 Å². The van der Waals surface area contributed by atoms with Crippen molar-refractivity contribution in [2.75, 3.05) is 5.32 Å². The first-order valence-electron chi connectivity index (χ1n) is 7.93. The zero-order chi connectivity index (χ0) is 19.2. The number of hydrogen-bond acceptors (Lipinski definition) is 6. The minimum absolute atomic E-state index is 0.104. The third-order valence-corrected chi connectivity index (χ3v) is 7.20. The summed E-state index contributed by atoms with van der Waals surface area (Å²) in [6.07, 6.45) is 0. The van der Waals surface area contributed by atoms with Crippen molar-refractivity contribution >= 4 is 69.7 Å². The minimum Gasteiger partial charge on any atom is -0.325 e. The van der Waals surface area contributed by atoms with Gasteiger partial charge in [-0.15, -0.1) is 10.2 Å². The van der Waals surface area contributed by atoms with Crippen molar-refractivity contribution in [2.45, 2.75) is 26.6 Å². The van der Waals surface area contributed by atoms with Crippen LogP contribution in [0.25, 0.3) is 0 Å². The number of nitrogens with one attached hydrogen (secondary N) is 1. The van der Waals surface area contributed by atoms with Gasteiger partial charge in [0, 0.05) is 21.5 Å². The molecule has 140 valence electrons. The second-order valence-electron chi connectivity index (χ2n) is 5.51. The summed E-state index contributed by atoms with van der Waals surface area (Å²) in [5, 5.41) is 12.2. The second-order valence-corrected chi connectivity index (χ2v) is 10.2. The van der Waals surface area contributed by atoms with E-state index in [0.717, 1.165) is 19.5 Å². The second kappa shape index (κ2) is 9.80. The Morgan fingerprint density at radius 1 is 1.11 bits per heavy atom. The van der Waals surface area contributed by atoms with E-state index in [4.69, 9.17) is 23.2 Å². The third-order valence-electron chi connectivity index (χ3n) is 3.40. The molecule has 9 heteroatoms. The molecule has 0 saturated carbocycles. The van der Waals surface area contributed by atoms with Crippen molar-refractivity contribution in [3.8, 4) is 0 Å². The first-order valence-corrected chi connectivity index (χ1v) is 11.4. The van der Waals surface area contributed by atoms with Crippen LogP contribution in [-0.2, 0) is 10.5 Å². The largest absolute Gasteiger partial charge is 0.325 e. The van der Waals surface area contributed by atoms with Gasteiger partial charge in [0.05, 0.1) is 5.25 Å². The van der Waals surface area contributed by atoms with Gasteiger partial charge in [0.2, 0.25) is 5.91 Å². The summed E-state index contributed by atoms with van der Waals surface area (Å²) in [6, 6.07) is 14.8. The van der Waals surface area contributed by atoms with E-state index in [1.165, 1.54) is 28.7 Å². The van der Waals surface area contributed by atoms with Gasteiger partial charge in [-0.2, -0.15) is 0 Å². The van der Waals surface area contributed by atoms with Crippen LogP contribution in [0, 0.1) is 0 Å². The summed E-state index contributed by atoms with van der Waals surface area (Å²) in [6.45, 7) is 1.84. The highest BCUT2D eigenvalue weighted by Gasteiger charge is 2.17. The third kappa shape index (κ3) is 6.40. The van der Waals surface area contributed by atoms with Crippen molar-refractivity contribution in [2.24, 2.45) is 0 Å². The van der Waals surface area contributed by atoms with Gasteiger partial charge in [0.25, 0.3) is 0 Å². The summed E-state index contributed by atoms with van der Waals surface area (Å²) in [5.41, 5.74) is 1.85. The molecule has 0 aliphatic rings. The Labute approximate surface area is 180 Å². The van der Waals surface area contributed by atoms with Crippen LogP contribution in [0.5, 0.6) is 0 Å². The molecular formula is C18H15Cl2N3OS3. The van der Waals surface area contributed by atoms with Gasteiger partial charge in [-0.1, -0.05) is 76.3 Å². The standard InChI is InChI=1S/C18H15Cl2N3OS3/c1-11(16(24)21-15-4-2-3-14(20)9-15)26-18-23-22-17(27-18)25-10-12-5-7-13(19)8-6-12/h2-9,11H,10H2,1H3,(H,21,24)/t11-/m0/s1. The lowest BCUT2D eigenvalue weighted by atomic mass is 10.2. The number of nitrogens with zero attached hydrogens (tertiary/aromatic N) is 2. The Morgan fingerprint density at radius 2 is 1.85 bits per heavy atom. The molecule has 1 atom stereocenters. The van der Waals surface area contributed by atoms with Crippen molar-refractivity contribution < 1.29 is 4.79 Å². The van der Waals surface area contributed by atoms with Gasteiger partial charge in [0.15, 0.2) is 8.68 Å². The van der Waals surface area contributed by atoms with Crippen LogP contribution in [0.2, 0.25) is 10.0 Å². The van der Waals surface area contributed by atoms with E-state index in [0.29, 0.717) is 10.7 Å². The Kier molecular flexibility index (Phi) is 7.43. The molecule has 0 aliphatic carbocycles. The molecule has 0 aliphatic heterocycles. The topological polar surface area (TPSA) is 54.9 Å². The lowest BCUT2D eigenvalue weighted by Gasteiger charge is -2.10. The number of halogens is 2. The Balaban J connectivity index is 1.51. The van der Waals surface area contributed by atoms with Crippen molar-refractivity contribution in [1.29, 1.82) is 0 Å². The smallest absolute Gasteiger partial charge is 0.237 e. The predicted molar refractivity (Wildman–Crippen MR) is 116 cm³/mol. The SMILES string of the molecule is C[C@H](Sc1nnc(SCc2ccc(Cl)cc2)s1)C(=O)Nc1cccc(Cl)c1. The molecule has 1 aromatic heterocycles. The number of aromatic nitrogens is 2. The molecule has 1 amide bonds. The highest BCUT2D eigenvalue weighted by molar-refractivity contribution is 8.03. The average molecular weight is 456 g/mol. The maximum absolute atomic E-state index is 12.3. The van der Waals surface area contributed by atoms with Crippen LogP contribution in [0.1, 0.15) is 12.5 Å². The monoisotopic (exact) mass is 455 g/mol. The van der Waals surface area contributed by atoms with E-state index >= 15 is 0 Å². The Morgan fingerprint density at radius 3 is 2.59 bits per heavy atom. The molecule has 1 N–H and O–H groups in total. The van der Waals surface area contributed by atoms with Crippen molar-refractivity contribution in [3.63, 3.8) is 0 Å². The van der Waals surface area contributed by atoms with Crippen molar-refractivity contribution in [1.82, 2.24) is 10.2 Å². The quantitative estimate of drug-likeness (QED) is 0.426. The van der Waals surface area contributed by atoms with E-state index in [-0.39, 0.29) is 11.2 Å². The van der Waals surface area contributed by atoms with Crippen LogP contribution in [0.15, 0.2) is 57.2 Å². The molecule has 0 spiro atoms. The van der Waals surface area contributed by atoms with E-state index in [1.807, 2.05) is 31.2 Å². The summed E-state index contributed by atoms with van der Waals surface area (Å²) in [4.78, 5) is 12.3. The number of carbonyl (C=O) groups is 1. The summed E-state index contributed by atoms with van der Waals surface area (Å²) in [7, 11) is 0. The van der Waals surface area contributed by atoms with Crippen molar-refractivity contribution in [3.05, 3.63) is 64.1 Å². The van der Waals surface area contributed by atoms with Crippen LogP contribution >= 0.6 is 58.1 Å².